The molecular formula is C9H20N2. The van der Waals surface area contributed by atoms with Crippen molar-refractivity contribution in [2.45, 2.75) is 46.7 Å². The van der Waals surface area contributed by atoms with Gasteiger partial charge in [-0.3, -0.25) is 4.99 Å². The fourth-order valence-electron chi connectivity index (χ4n) is 1.46. The van der Waals surface area contributed by atoms with Gasteiger partial charge in [0.15, 0.2) is 0 Å². The van der Waals surface area contributed by atoms with Gasteiger partial charge in [0.2, 0.25) is 0 Å². The van der Waals surface area contributed by atoms with Gasteiger partial charge in [0.1, 0.15) is 0 Å². The quantitative estimate of drug-likeness (QED) is 0.442. The van der Waals surface area contributed by atoms with Crippen LogP contribution in [0.3, 0.4) is 0 Å². The van der Waals surface area contributed by atoms with Crippen LogP contribution in [0, 0.1) is 0 Å². The molecule has 0 saturated heterocycles. The van der Waals surface area contributed by atoms with E-state index in [1.165, 1.54) is 0 Å². The molecule has 0 rings (SSSR count). The van der Waals surface area contributed by atoms with Crippen LogP contribution in [0.5, 0.6) is 0 Å². The second kappa shape index (κ2) is 4.37. The smallest absolute Gasteiger partial charge is 0.0958 e. The lowest BCUT2D eigenvalue weighted by Crippen LogP contribution is -2.40. The van der Waals surface area contributed by atoms with Gasteiger partial charge in [-0.2, -0.15) is 0 Å². The van der Waals surface area contributed by atoms with E-state index in [4.69, 9.17) is 0 Å². The highest BCUT2D eigenvalue weighted by Crippen LogP contribution is 2.05. The van der Waals surface area contributed by atoms with Gasteiger partial charge in [-0.05, 0) is 34.6 Å². The molecule has 0 radical (unpaired) electrons. The maximum atomic E-state index is 4.17. The maximum absolute atomic E-state index is 4.17. The Morgan fingerprint density at radius 3 is 1.55 bits per heavy atom. The topological polar surface area (TPSA) is 15.6 Å². The number of nitrogens with zero attached hydrogens (tertiary/aromatic N) is 2. The molecule has 2 nitrogen and oxygen atoms in total. The van der Waals surface area contributed by atoms with Crippen molar-refractivity contribution >= 4 is 5.84 Å². The van der Waals surface area contributed by atoms with E-state index in [1.807, 2.05) is 7.05 Å². The van der Waals surface area contributed by atoms with Crippen LogP contribution >= 0.6 is 0 Å². The van der Waals surface area contributed by atoms with Crippen molar-refractivity contribution in [2.75, 3.05) is 7.05 Å². The molecule has 0 aliphatic rings. The summed E-state index contributed by atoms with van der Waals surface area (Å²) < 4.78 is 0. The molecule has 0 atom stereocenters. The summed E-state index contributed by atoms with van der Waals surface area (Å²) in [5.41, 5.74) is 0. The summed E-state index contributed by atoms with van der Waals surface area (Å²) in [7, 11) is 1.84. The fraction of sp³-hybridized carbons (Fsp3) is 0.889. The van der Waals surface area contributed by atoms with Crippen LogP contribution < -0.4 is 0 Å². The molecule has 0 aliphatic heterocycles. The Hall–Kier alpha value is -0.530. The number of aliphatic imine (C=N–C) groups is 1. The highest BCUT2D eigenvalue weighted by molar-refractivity contribution is 5.80. The molecule has 0 heterocycles. The monoisotopic (exact) mass is 156 g/mol. The second-order valence-electron chi connectivity index (χ2n) is 3.37. The van der Waals surface area contributed by atoms with Crippen molar-refractivity contribution in [3.8, 4) is 0 Å². The predicted octanol–water partition coefficient (Wildman–Crippen LogP) is 2.15. The third-order valence-corrected chi connectivity index (χ3v) is 1.81. The van der Waals surface area contributed by atoms with E-state index in [0.717, 1.165) is 5.84 Å². The summed E-state index contributed by atoms with van der Waals surface area (Å²) in [5.74, 6) is 1.12. The van der Waals surface area contributed by atoms with Crippen LogP contribution in [0.4, 0.5) is 0 Å². The summed E-state index contributed by atoms with van der Waals surface area (Å²) in [4.78, 5) is 6.48. The summed E-state index contributed by atoms with van der Waals surface area (Å²) >= 11 is 0. The average Bonchev–Trinajstić information content (AvgIpc) is 1.85. The minimum Gasteiger partial charge on any atom is -0.356 e. The Morgan fingerprint density at radius 2 is 1.45 bits per heavy atom. The van der Waals surface area contributed by atoms with Gasteiger partial charge in [-0.1, -0.05) is 0 Å². The molecule has 0 unspecified atom stereocenters. The standard InChI is InChI=1S/C9H20N2/c1-7(2)11(8(3)4)9(5)10-6/h7-8H,1-6H3/b10-9+. The molecule has 0 aliphatic carbocycles. The Balaban J connectivity index is 4.35. The van der Waals surface area contributed by atoms with Gasteiger partial charge in [0, 0.05) is 19.1 Å². The number of rotatable bonds is 2. The molecule has 0 bridgehead atoms. The van der Waals surface area contributed by atoms with Gasteiger partial charge in [0.25, 0.3) is 0 Å². The predicted molar refractivity (Wildman–Crippen MR) is 51.1 cm³/mol. The molecule has 0 N–H and O–H groups in total. The van der Waals surface area contributed by atoms with Crippen molar-refractivity contribution in [3.63, 3.8) is 0 Å². The van der Waals surface area contributed by atoms with Crippen LogP contribution in [0.25, 0.3) is 0 Å². The lowest BCUT2D eigenvalue weighted by atomic mass is 10.2. The highest BCUT2D eigenvalue weighted by atomic mass is 15.2. The molecule has 0 spiro atoms. The molecule has 0 fully saturated rings. The van der Waals surface area contributed by atoms with Crippen molar-refractivity contribution in [3.05, 3.63) is 0 Å². The van der Waals surface area contributed by atoms with Crippen LogP contribution in [0.1, 0.15) is 34.6 Å². The molecule has 66 valence electrons. The molecule has 0 aromatic carbocycles. The first-order valence-electron chi connectivity index (χ1n) is 4.22. The zero-order valence-corrected chi connectivity index (χ0v) is 8.55. The third-order valence-electron chi connectivity index (χ3n) is 1.81. The number of hydrogen-bond donors (Lipinski definition) is 0. The largest absolute Gasteiger partial charge is 0.356 e. The zero-order chi connectivity index (χ0) is 9.02. The highest BCUT2D eigenvalue weighted by Gasteiger charge is 2.13. The SMILES string of the molecule is C/N=C(\C)N(C(C)C)C(C)C. The summed E-state index contributed by atoms with van der Waals surface area (Å²) in [6.45, 7) is 10.8. The van der Waals surface area contributed by atoms with Gasteiger partial charge in [0.05, 0.1) is 5.84 Å². The van der Waals surface area contributed by atoms with E-state index in [-0.39, 0.29) is 0 Å². The van der Waals surface area contributed by atoms with Crippen LogP contribution in [0.15, 0.2) is 4.99 Å². The van der Waals surface area contributed by atoms with Crippen LogP contribution in [-0.4, -0.2) is 29.9 Å². The lowest BCUT2D eigenvalue weighted by molar-refractivity contribution is 0.290. The van der Waals surface area contributed by atoms with Crippen molar-refractivity contribution < 1.29 is 0 Å². The molecule has 0 amide bonds. The molecular weight excluding hydrogens is 136 g/mol. The van der Waals surface area contributed by atoms with Crippen LogP contribution in [-0.2, 0) is 0 Å². The third kappa shape index (κ3) is 2.91. The fourth-order valence-corrected chi connectivity index (χ4v) is 1.46. The Labute approximate surface area is 70.3 Å². The van der Waals surface area contributed by atoms with E-state index < -0.39 is 0 Å². The summed E-state index contributed by atoms with van der Waals surface area (Å²) in [5, 5.41) is 0. The zero-order valence-electron chi connectivity index (χ0n) is 8.55. The minimum atomic E-state index is 0.540. The first-order chi connectivity index (χ1) is 5.00. The second-order valence-corrected chi connectivity index (χ2v) is 3.37. The van der Waals surface area contributed by atoms with E-state index in [9.17, 15) is 0 Å². The van der Waals surface area contributed by atoms with E-state index in [2.05, 4.69) is 44.5 Å². The molecule has 0 aromatic rings. The van der Waals surface area contributed by atoms with E-state index in [1.54, 1.807) is 0 Å². The normalized spacial score (nSPS) is 12.9. The first-order valence-corrected chi connectivity index (χ1v) is 4.22. The Morgan fingerprint density at radius 1 is 1.09 bits per heavy atom. The van der Waals surface area contributed by atoms with Crippen molar-refractivity contribution in [1.29, 1.82) is 0 Å². The van der Waals surface area contributed by atoms with E-state index in [0.29, 0.717) is 12.1 Å². The molecule has 0 saturated carbocycles. The summed E-state index contributed by atoms with van der Waals surface area (Å²) in [6, 6.07) is 1.08. The lowest BCUT2D eigenvalue weighted by Gasteiger charge is -2.32. The van der Waals surface area contributed by atoms with E-state index >= 15 is 0 Å². The first kappa shape index (κ1) is 10.5. The van der Waals surface area contributed by atoms with Crippen molar-refractivity contribution in [1.82, 2.24) is 4.90 Å². The average molecular weight is 156 g/mol. The Bertz CT molecular complexity index is 128. The molecule has 11 heavy (non-hydrogen) atoms. The van der Waals surface area contributed by atoms with Crippen molar-refractivity contribution in [2.24, 2.45) is 4.99 Å². The molecule has 2 heteroatoms. The number of hydrogen-bond acceptors (Lipinski definition) is 1. The van der Waals surface area contributed by atoms with Gasteiger partial charge < -0.3 is 4.90 Å². The molecule has 0 aromatic heterocycles. The van der Waals surface area contributed by atoms with Crippen LogP contribution in [0.2, 0.25) is 0 Å². The van der Waals surface area contributed by atoms with Gasteiger partial charge in [-0.25, -0.2) is 0 Å². The minimum absolute atomic E-state index is 0.540. The summed E-state index contributed by atoms with van der Waals surface area (Å²) in [6.07, 6.45) is 0. The Kier molecular flexibility index (Phi) is 4.16. The number of amidine groups is 1. The van der Waals surface area contributed by atoms with Gasteiger partial charge >= 0.3 is 0 Å². The maximum Gasteiger partial charge on any atom is 0.0958 e. The van der Waals surface area contributed by atoms with Gasteiger partial charge in [-0.15, -0.1) is 0 Å².